The molecule has 0 unspecified atom stereocenters. The normalized spacial score (nSPS) is 11.9. The van der Waals surface area contributed by atoms with E-state index < -0.39 is 0 Å². The van der Waals surface area contributed by atoms with Gasteiger partial charge in [-0.1, -0.05) is 23.2 Å². The molecule has 0 radical (unpaired) electrons. The van der Waals surface area contributed by atoms with E-state index in [2.05, 4.69) is 10.3 Å². The second-order valence-electron chi connectivity index (χ2n) is 3.82. The number of benzene rings is 1. The van der Waals surface area contributed by atoms with Crippen LogP contribution in [-0.4, -0.2) is 38.0 Å². The molecule has 0 atom stereocenters. The van der Waals surface area contributed by atoms with Crippen LogP contribution in [0.3, 0.4) is 0 Å². The third kappa shape index (κ3) is 5.26. The maximum absolute atomic E-state index is 5.88. The number of hydrogen-bond donors (Lipinski definition) is 2. The number of hydrogen-bond acceptors (Lipinski definition) is 2. The summed E-state index contributed by atoms with van der Waals surface area (Å²) in [7, 11) is 3.97. The summed E-state index contributed by atoms with van der Waals surface area (Å²) < 4.78 is 0. The van der Waals surface area contributed by atoms with Crippen molar-refractivity contribution in [2.75, 3.05) is 32.5 Å². The van der Waals surface area contributed by atoms with Gasteiger partial charge in [0, 0.05) is 12.2 Å². The van der Waals surface area contributed by atoms with Crippen molar-refractivity contribution >= 4 is 34.8 Å². The van der Waals surface area contributed by atoms with Gasteiger partial charge in [-0.2, -0.15) is 0 Å². The number of nitrogens with one attached hydrogen (secondary N) is 1. The highest BCUT2D eigenvalue weighted by Crippen LogP contribution is 2.24. The molecule has 0 aliphatic heterocycles. The van der Waals surface area contributed by atoms with E-state index in [9.17, 15) is 0 Å². The molecule has 0 spiro atoms. The first-order valence-electron chi connectivity index (χ1n) is 5.16. The highest BCUT2D eigenvalue weighted by atomic mass is 35.5. The number of rotatable bonds is 4. The lowest BCUT2D eigenvalue weighted by Gasteiger charge is -2.09. The van der Waals surface area contributed by atoms with Crippen molar-refractivity contribution in [1.82, 2.24) is 4.90 Å². The van der Waals surface area contributed by atoms with E-state index in [0.717, 1.165) is 12.2 Å². The molecule has 0 aliphatic rings. The van der Waals surface area contributed by atoms with Crippen LogP contribution in [0.5, 0.6) is 0 Å². The van der Waals surface area contributed by atoms with E-state index >= 15 is 0 Å². The van der Waals surface area contributed by atoms with Gasteiger partial charge in [-0.05, 0) is 32.3 Å². The lowest BCUT2D eigenvalue weighted by molar-refractivity contribution is 0.420. The average molecular weight is 275 g/mol. The molecular formula is C11H16Cl2N4. The molecule has 17 heavy (non-hydrogen) atoms. The van der Waals surface area contributed by atoms with Crippen LogP contribution in [0.25, 0.3) is 0 Å². The van der Waals surface area contributed by atoms with Gasteiger partial charge in [0.15, 0.2) is 5.96 Å². The molecule has 1 aromatic carbocycles. The van der Waals surface area contributed by atoms with Crippen LogP contribution in [0.2, 0.25) is 10.0 Å². The Morgan fingerprint density at radius 1 is 1.35 bits per heavy atom. The number of guanidine groups is 1. The first-order valence-corrected chi connectivity index (χ1v) is 5.91. The molecule has 1 rings (SSSR count). The zero-order chi connectivity index (χ0) is 12.8. The SMILES string of the molecule is CN(C)CCN=C(N)Nc1ccc(Cl)c(Cl)c1. The molecule has 0 fully saturated rings. The predicted octanol–water partition coefficient (Wildman–Crippen LogP) is 2.28. The second-order valence-corrected chi connectivity index (χ2v) is 4.64. The fraction of sp³-hybridized carbons (Fsp3) is 0.364. The molecule has 3 N–H and O–H groups in total. The van der Waals surface area contributed by atoms with Crippen LogP contribution >= 0.6 is 23.2 Å². The van der Waals surface area contributed by atoms with Crippen molar-refractivity contribution in [1.29, 1.82) is 0 Å². The standard InChI is InChI=1S/C11H16Cl2N4/c1-17(2)6-5-15-11(14)16-8-3-4-9(12)10(13)7-8/h3-4,7H,5-6H2,1-2H3,(H3,14,15,16). The summed E-state index contributed by atoms with van der Waals surface area (Å²) in [6.07, 6.45) is 0. The van der Waals surface area contributed by atoms with Gasteiger partial charge in [0.2, 0.25) is 0 Å². The molecular weight excluding hydrogens is 259 g/mol. The first-order chi connectivity index (χ1) is 7.99. The third-order valence-corrected chi connectivity index (χ3v) is 2.76. The summed E-state index contributed by atoms with van der Waals surface area (Å²) in [6.45, 7) is 1.50. The van der Waals surface area contributed by atoms with Crippen LogP contribution in [0.15, 0.2) is 23.2 Å². The highest BCUT2D eigenvalue weighted by Gasteiger charge is 2.00. The summed E-state index contributed by atoms with van der Waals surface area (Å²) in [5, 5.41) is 3.95. The molecule has 6 heteroatoms. The van der Waals surface area contributed by atoms with E-state index in [-0.39, 0.29) is 0 Å². The quantitative estimate of drug-likeness (QED) is 0.654. The van der Waals surface area contributed by atoms with Gasteiger partial charge in [-0.25, -0.2) is 0 Å². The van der Waals surface area contributed by atoms with Crippen molar-refractivity contribution in [3.63, 3.8) is 0 Å². The molecule has 0 saturated heterocycles. The zero-order valence-corrected chi connectivity index (χ0v) is 11.4. The lowest BCUT2D eigenvalue weighted by atomic mass is 10.3. The van der Waals surface area contributed by atoms with Gasteiger partial charge in [-0.3, -0.25) is 4.99 Å². The van der Waals surface area contributed by atoms with Gasteiger partial charge < -0.3 is 16.0 Å². The van der Waals surface area contributed by atoms with Crippen molar-refractivity contribution in [3.8, 4) is 0 Å². The maximum Gasteiger partial charge on any atom is 0.193 e. The monoisotopic (exact) mass is 274 g/mol. The first kappa shape index (κ1) is 14.1. The Kier molecular flexibility index (Phi) is 5.55. The second kappa shape index (κ2) is 6.69. The summed E-state index contributed by atoms with van der Waals surface area (Å²) in [6, 6.07) is 5.21. The minimum atomic E-state index is 0.366. The van der Waals surface area contributed by atoms with Gasteiger partial charge in [0.25, 0.3) is 0 Å². The van der Waals surface area contributed by atoms with Crippen LogP contribution in [0.4, 0.5) is 5.69 Å². The van der Waals surface area contributed by atoms with Gasteiger partial charge in [0.05, 0.1) is 16.6 Å². The van der Waals surface area contributed by atoms with Crippen LogP contribution in [0, 0.1) is 0 Å². The number of anilines is 1. The van der Waals surface area contributed by atoms with Gasteiger partial charge in [-0.15, -0.1) is 0 Å². The molecule has 0 aromatic heterocycles. The summed E-state index contributed by atoms with van der Waals surface area (Å²) in [5.74, 6) is 0.366. The number of likely N-dealkylation sites (N-methyl/N-ethyl adjacent to an activating group) is 1. The van der Waals surface area contributed by atoms with Crippen molar-refractivity contribution < 1.29 is 0 Å². The van der Waals surface area contributed by atoms with Gasteiger partial charge >= 0.3 is 0 Å². The van der Waals surface area contributed by atoms with Gasteiger partial charge in [0.1, 0.15) is 0 Å². The van der Waals surface area contributed by atoms with E-state index in [1.54, 1.807) is 18.2 Å². The molecule has 0 bridgehead atoms. The summed E-state index contributed by atoms with van der Waals surface area (Å²) in [4.78, 5) is 6.21. The van der Waals surface area contributed by atoms with Crippen LogP contribution < -0.4 is 11.1 Å². The Morgan fingerprint density at radius 2 is 2.06 bits per heavy atom. The largest absolute Gasteiger partial charge is 0.370 e. The molecule has 4 nitrogen and oxygen atoms in total. The molecule has 0 heterocycles. The fourth-order valence-corrected chi connectivity index (χ4v) is 1.43. The predicted molar refractivity (Wildman–Crippen MR) is 75.1 cm³/mol. The Morgan fingerprint density at radius 3 is 2.65 bits per heavy atom. The van der Waals surface area contributed by atoms with E-state index in [0.29, 0.717) is 22.5 Å². The molecule has 1 aromatic rings. The Hall–Kier alpha value is -0.970. The number of nitrogens with two attached hydrogens (primary N) is 1. The van der Waals surface area contributed by atoms with Crippen molar-refractivity contribution in [2.45, 2.75) is 0 Å². The summed E-state index contributed by atoms with van der Waals surface area (Å²) >= 11 is 11.7. The number of nitrogens with zero attached hydrogens (tertiary/aromatic N) is 2. The smallest absolute Gasteiger partial charge is 0.193 e. The highest BCUT2D eigenvalue weighted by molar-refractivity contribution is 6.42. The van der Waals surface area contributed by atoms with Crippen LogP contribution in [-0.2, 0) is 0 Å². The average Bonchev–Trinajstić information content (AvgIpc) is 2.23. The zero-order valence-electron chi connectivity index (χ0n) is 9.87. The van der Waals surface area contributed by atoms with Crippen molar-refractivity contribution in [3.05, 3.63) is 28.2 Å². The topological polar surface area (TPSA) is 53.6 Å². The number of aliphatic imine (C=N–C) groups is 1. The van der Waals surface area contributed by atoms with E-state index in [1.807, 2.05) is 19.0 Å². The molecule has 0 aliphatic carbocycles. The number of halogens is 2. The lowest BCUT2D eigenvalue weighted by Crippen LogP contribution is -2.24. The molecule has 94 valence electrons. The summed E-state index contributed by atoms with van der Waals surface area (Å²) in [5.41, 5.74) is 6.49. The molecule has 0 amide bonds. The molecule has 0 saturated carbocycles. The van der Waals surface area contributed by atoms with Crippen LogP contribution in [0.1, 0.15) is 0 Å². The maximum atomic E-state index is 5.88. The third-order valence-electron chi connectivity index (χ3n) is 2.02. The Bertz CT molecular complexity index is 404. The van der Waals surface area contributed by atoms with E-state index in [1.165, 1.54) is 0 Å². The Balaban J connectivity index is 2.55. The van der Waals surface area contributed by atoms with Crippen molar-refractivity contribution in [2.24, 2.45) is 10.7 Å². The van der Waals surface area contributed by atoms with E-state index in [4.69, 9.17) is 28.9 Å². The minimum absolute atomic E-state index is 0.366. The Labute approximate surface area is 111 Å². The minimum Gasteiger partial charge on any atom is -0.370 e. The fourth-order valence-electron chi connectivity index (χ4n) is 1.13.